The van der Waals surface area contributed by atoms with Crippen molar-refractivity contribution in [1.29, 1.82) is 0 Å². The standard InChI is InChI=1S/C12H11BrClN3O/c1-6-11(13)7(2)17(16-6)10-4-3-8(14)5-9(10)12(15)18/h3-5H,1-2H3,(H2,15,18). The Morgan fingerprint density at radius 2 is 2.11 bits per heavy atom. The molecule has 2 aromatic rings. The molecule has 1 heterocycles. The third-order valence-electron chi connectivity index (χ3n) is 2.66. The first-order valence-corrected chi connectivity index (χ1v) is 6.40. The molecule has 0 unspecified atom stereocenters. The van der Waals surface area contributed by atoms with E-state index in [1.165, 1.54) is 0 Å². The third kappa shape index (κ3) is 2.15. The van der Waals surface area contributed by atoms with Gasteiger partial charge >= 0.3 is 0 Å². The fourth-order valence-electron chi connectivity index (χ4n) is 1.75. The highest BCUT2D eigenvalue weighted by Crippen LogP contribution is 2.26. The van der Waals surface area contributed by atoms with Crippen molar-refractivity contribution in [2.24, 2.45) is 5.73 Å². The van der Waals surface area contributed by atoms with Gasteiger partial charge in [0.25, 0.3) is 5.91 Å². The van der Waals surface area contributed by atoms with Gasteiger partial charge in [0.2, 0.25) is 0 Å². The average molecular weight is 329 g/mol. The van der Waals surface area contributed by atoms with E-state index in [1.807, 2.05) is 13.8 Å². The maximum atomic E-state index is 11.5. The molecule has 1 aromatic heterocycles. The molecular formula is C12H11BrClN3O. The molecule has 0 saturated heterocycles. The second-order valence-electron chi connectivity index (χ2n) is 3.92. The molecule has 2 N–H and O–H groups in total. The van der Waals surface area contributed by atoms with Crippen LogP contribution in [0.25, 0.3) is 5.69 Å². The Labute approximate surface area is 118 Å². The number of benzene rings is 1. The van der Waals surface area contributed by atoms with Crippen LogP contribution in [0.4, 0.5) is 0 Å². The molecule has 0 aliphatic heterocycles. The number of nitrogens with two attached hydrogens (primary N) is 1. The zero-order valence-corrected chi connectivity index (χ0v) is 12.2. The lowest BCUT2D eigenvalue weighted by atomic mass is 10.1. The molecule has 4 nitrogen and oxygen atoms in total. The van der Waals surface area contributed by atoms with Crippen LogP contribution >= 0.6 is 27.5 Å². The molecular weight excluding hydrogens is 318 g/mol. The van der Waals surface area contributed by atoms with Crippen molar-refractivity contribution < 1.29 is 4.79 Å². The highest BCUT2D eigenvalue weighted by atomic mass is 79.9. The van der Waals surface area contributed by atoms with E-state index in [2.05, 4.69) is 21.0 Å². The van der Waals surface area contributed by atoms with Crippen molar-refractivity contribution in [3.8, 4) is 5.69 Å². The molecule has 0 spiro atoms. The van der Waals surface area contributed by atoms with Crippen LogP contribution < -0.4 is 5.73 Å². The number of carbonyl (C=O) groups is 1. The molecule has 0 bridgehead atoms. The molecule has 1 aromatic carbocycles. The Hall–Kier alpha value is -1.33. The van der Waals surface area contributed by atoms with Crippen molar-refractivity contribution in [1.82, 2.24) is 9.78 Å². The van der Waals surface area contributed by atoms with Gasteiger partial charge < -0.3 is 5.73 Å². The lowest BCUT2D eigenvalue weighted by molar-refractivity contribution is 0.1000. The van der Waals surface area contributed by atoms with Gasteiger partial charge in [0, 0.05) is 5.02 Å². The predicted octanol–water partition coefficient (Wildman–Crippen LogP) is 3.00. The second-order valence-corrected chi connectivity index (χ2v) is 5.15. The van der Waals surface area contributed by atoms with Gasteiger partial charge in [0.15, 0.2) is 0 Å². The third-order valence-corrected chi connectivity index (χ3v) is 4.04. The SMILES string of the molecule is Cc1nn(-c2ccc(Cl)cc2C(N)=O)c(C)c1Br. The maximum absolute atomic E-state index is 11.5. The normalized spacial score (nSPS) is 10.7. The van der Waals surface area contributed by atoms with E-state index in [9.17, 15) is 4.79 Å². The number of amides is 1. The fraction of sp³-hybridized carbons (Fsp3) is 0.167. The van der Waals surface area contributed by atoms with Crippen LogP contribution in [0.15, 0.2) is 22.7 Å². The van der Waals surface area contributed by atoms with Crippen LogP contribution in [0, 0.1) is 13.8 Å². The van der Waals surface area contributed by atoms with Crippen molar-refractivity contribution in [2.45, 2.75) is 13.8 Å². The minimum absolute atomic E-state index is 0.348. The molecule has 0 aliphatic carbocycles. The molecule has 0 aliphatic rings. The Kier molecular flexibility index (Phi) is 3.45. The van der Waals surface area contributed by atoms with Crippen LogP contribution in [-0.4, -0.2) is 15.7 Å². The monoisotopic (exact) mass is 327 g/mol. The van der Waals surface area contributed by atoms with Crippen LogP contribution in [0.1, 0.15) is 21.7 Å². The number of aryl methyl sites for hydroxylation is 1. The van der Waals surface area contributed by atoms with E-state index in [0.717, 1.165) is 15.9 Å². The Morgan fingerprint density at radius 1 is 1.44 bits per heavy atom. The first-order chi connectivity index (χ1) is 8.41. The minimum Gasteiger partial charge on any atom is -0.366 e. The zero-order chi connectivity index (χ0) is 13.4. The summed E-state index contributed by atoms with van der Waals surface area (Å²) in [5.41, 5.74) is 8.08. The second kappa shape index (κ2) is 4.74. The lowest BCUT2D eigenvalue weighted by Crippen LogP contribution is -2.15. The number of hydrogen-bond acceptors (Lipinski definition) is 2. The van der Waals surface area contributed by atoms with Gasteiger partial charge in [-0.15, -0.1) is 0 Å². The molecule has 0 saturated carbocycles. The largest absolute Gasteiger partial charge is 0.366 e. The van der Waals surface area contributed by atoms with Crippen LogP contribution in [0.2, 0.25) is 5.02 Å². The van der Waals surface area contributed by atoms with Gasteiger partial charge in [-0.25, -0.2) is 4.68 Å². The van der Waals surface area contributed by atoms with Gasteiger partial charge in [-0.05, 0) is 48.0 Å². The van der Waals surface area contributed by atoms with E-state index in [0.29, 0.717) is 16.3 Å². The number of aromatic nitrogens is 2. The number of carbonyl (C=O) groups excluding carboxylic acids is 1. The van der Waals surface area contributed by atoms with Gasteiger partial charge in [-0.2, -0.15) is 5.10 Å². The quantitative estimate of drug-likeness (QED) is 0.921. The van der Waals surface area contributed by atoms with Crippen molar-refractivity contribution >= 4 is 33.4 Å². The zero-order valence-electron chi connectivity index (χ0n) is 9.87. The number of rotatable bonds is 2. The summed E-state index contributed by atoms with van der Waals surface area (Å²) in [6.45, 7) is 3.79. The topological polar surface area (TPSA) is 60.9 Å². The summed E-state index contributed by atoms with van der Waals surface area (Å²) in [5.74, 6) is -0.531. The summed E-state index contributed by atoms with van der Waals surface area (Å²) in [6.07, 6.45) is 0. The van der Waals surface area contributed by atoms with E-state index in [1.54, 1.807) is 22.9 Å². The van der Waals surface area contributed by atoms with Gasteiger partial charge in [-0.3, -0.25) is 4.79 Å². The number of primary amides is 1. The van der Waals surface area contributed by atoms with E-state index in [-0.39, 0.29) is 0 Å². The minimum atomic E-state index is -0.531. The summed E-state index contributed by atoms with van der Waals surface area (Å²) in [4.78, 5) is 11.5. The maximum Gasteiger partial charge on any atom is 0.250 e. The Bertz CT molecular complexity index is 636. The van der Waals surface area contributed by atoms with E-state index in [4.69, 9.17) is 17.3 Å². The molecule has 0 radical (unpaired) electrons. The summed E-state index contributed by atoms with van der Waals surface area (Å²) >= 11 is 9.33. The lowest BCUT2D eigenvalue weighted by Gasteiger charge is -2.09. The number of halogens is 2. The van der Waals surface area contributed by atoms with Crippen LogP contribution in [0.5, 0.6) is 0 Å². The first kappa shape index (κ1) is 13.1. The number of nitrogens with zero attached hydrogens (tertiary/aromatic N) is 2. The molecule has 2 rings (SSSR count). The summed E-state index contributed by atoms with van der Waals surface area (Å²) in [6, 6.07) is 4.98. The molecule has 94 valence electrons. The van der Waals surface area contributed by atoms with Crippen molar-refractivity contribution in [3.05, 3.63) is 44.6 Å². The van der Waals surface area contributed by atoms with Crippen LogP contribution in [-0.2, 0) is 0 Å². The van der Waals surface area contributed by atoms with E-state index < -0.39 is 5.91 Å². The van der Waals surface area contributed by atoms with Gasteiger partial charge in [0.05, 0.1) is 27.1 Å². The molecule has 1 amide bonds. The summed E-state index contributed by atoms with van der Waals surface area (Å²) in [5, 5.41) is 4.84. The van der Waals surface area contributed by atoms with Crippen molar-refractivity contribution in [3.63, 3.8) is 0 Å². The predicted molar refractivity (Wildman–Crippen MR) is 74.3 cm³/mol. The van der Waals surface area contributed by atoms with E-state index >= 15 is 0 Å². The Balaban J connectivity index is 2.71. The molecule has 6 heteroatoms. The summed E-state index contributed by atoms with van der Waals surface area (Å²) < 4.78 is 2.59. The highest BCUT2D eigenvalue weighted by Gasteiger charge is 2.16. The molecule has 18 heavy (non-hydrogen) atoms. The van der Waals surface area contributed by atoms with Crippen molar-refractivity contribution in [2.75, 3.05) is 0 Å². The van der Waals surface area contributed by atoms with Gasteiger partial charge in [-0.1, -0.05) is 11.6 Å². The first-order valence-electron chi connectivity index (χ1n) is 5.23. The smallest absolute Gasteiger partial charge is 0.250 e. The van der Waals surface area contributed by atoms with Crippen LogP contribution in [0.3, 0.4) is 0 Å². The average Bonchev–Trinajstić information content (AvgIpc) is 2.57. The van der Waals surface area contributed by atoms with Gasteiger partial charge in [0.1, 0.15) is 0 Å². The highest BCUT2D eigenvalue weighted by molar-refractivity contribution is 9.10. The number of hydrogen-bond donors (Lipinski definition) is 1. The molecule has 0 fully saturated rings. The Morgan fingerprint density at radius 3 is 2.61 bits per heavy atom. The summed E-state index contributed by atoms with van der Waals surface area (Å²) in [7, 11) is 0. The molecule has 0 atom stereocenters. The fourth-order valence-corrected chi connectivity index (χ4v) is 2.17.